The van der Waals surface area contributed by atoms with E-state index in [4.69, 9.17) is 9.26 Å². The Bertz CT molecular complexity index is 453. The van der Waals surface area contributed by atoms with Crippen LogP contribution in [0.4, 0.5) is 0 Å². The van der Waals surface area contributed by atoms with Crippen LogP contribution in [-0.4, -0.2) is 34.4 Å². The first-order chi connectivity index (χ1) is 9.25. The first kappa shape index (κ1) is 12.6. The number of aromatic nitrogens is 2. The highest BCUT2D eigenvalue weighted by Crippen LogP contribution is 2.39. The molecule has 0 amide bonds. The summed E-state index contributed by atoms with van der Waals surface area (Å²) in [6, 6.07) is 0. The standard InChI is InChI=1S/C13H18N2O4/c16-13(17)10-5-1-4-9(10)12-14-11(15-19-12)8-3-2-6-18-7-8/h8-10H,1-7H2,(H,16,17). The zero-order chi connectivity index (χ0) is 13.2. The van der Waals surface area contributed by atoms with Gasteiger partial charge in [-0.25, -0.2) is 0 Å². The lowest BCUT2D eigenvalue weighted by molar-refractivity contribution is -0.142. The van der Waals surface area contributed by atoms with Gasteiger partial charge in [-0.2, -0.15) is 4.98 Å². The Balaban J connectivity index is 1.75. The van der Waals surface area contributed by atoms with Crippen LogP contribution in [0.25, 0.3) is 0 Å². The molecule has 0 bridgehead atoms. The number of hydrogen-bond acceptors (Lipinski definition) is 5. The van der Waals surface area contributed by atoms with Crippen molar-refractivity contribution in [2.45, 2.75) is 43.9 Å². The number of carbonyl (C=O) groups is 1. The van der Waals surface area contributed by atoms with E-state index in [1.807, 2.05) is 0 Å². The number of nitrogens with zero attached hydrogens (tertiary/aromatic N) is 2. The van der Waals surface area contributed by atoms with Crippen molar-refractivity contribution in [2.24, 2.45) is 5.92 Å². The van der Waals surface area contributed by atoms with Gasteiger partial charge in [-0.1, -0.05) is 11.6 Å². The van der Waals surface area contributed by atoms with Crippen LogP contribution in [-0.2, 0) is 9.53 Å². The second kappa shape index (κ2) is 5.28. The molecule has 1 aromatic rings. The van der Waals surface area contributed by atoms with Gasteiger partial charge in [0.15, 0.2) is 5.82 Å². The summed E-state index contributed by atoms with van der Waals surface area (Å²) in [5.41, 5.74) is 0. The summed E-state index contributed by atoms with van der Waals surface area (Å²) in [6.07, 6.45) is 4.44. The Morgan fingerprint density at radius 2 is 2.16 bits per heavy atom. The molecule has 1 aromatic heterocycles. The molecule has 1 saturated carbocycles. The molecule has 1 aliphatic carbocycles. The fourth-order valence-electron chi connectivity index (χ4n) is 3.06. The minimum atomic E-state index is -0.761. The lowest BCUT2D eigenvalue weighted by atomic mass is 9.96. The zero-order valence-electron chi connectivity index (χ0n) is 10.7. The van der Waals surface area contributed by atoms with E-state index in [1.54, 1.807) is 0 Å². The van der Waals surface area contributed by atoms with Gasteiger partial charge in [-0.05, 0) is 25.7 Å². The first-order valence-electron chi connectivity index (χ1n) is 6.89. The van der Waals surface area contributed by atoms with E-state index in [9.17, 15) is 9.90 Å². The molecule has 2 aliphatic rings. The molecule has 3 atom stereocenters. The molecule has 3 unspecified atom stereocenters. The Hall–Kier alpha value is -1.43. The molecule has 1 N–H and O–H groups in total. The van der Waals surface area contributed by atoms with Crippen molar-refractivity contribution >= 4 is 5.97 Å². The molecule has 0 spiro atoms. The minimum Gasteiger partial charge on any atom is -0.481 e. The molecule has 3 rings (SSSR count). The minimum absolute atomic E-state index is 0.122. The molecule has 2 fully saturated rings. The van der Waals surface area contributed by atoms with Crippen molar-refractivity contribution in [2.75, 3.05) is 13.2 Å². The topological polar surface area (TPSA) is 85.5 Å². The van der Waals surface area contributed by atoms with Crippen LogP contribution in [0.15, 0.2) is 4.52 Å². The predicted molar refractivity (Wildman–Crippen MR) is 64.8 cm³/mol. The third-order valence-electron chi connectivity index (χ3n) is 4.13. The molecule has 104 valence electrons. The van der Waals surface area contributed by atoms with E-state index in [0.29, 0.717) is 24.7 Å². The molecular weight excluding hydrogens is 248 g/mol. The van der Waals surface area contributed by atoms with E-state index >= 15 is 0 Å². The highest BCUT2D eigenvalue weighted by atomic mass is 16.5. The number of carboxylic acids is 1. The van der Waals surface area contributed by atoms with E-state index in [2.05, 4.69) is 10.1 Å². The van der Waals surface area contributed by atoms with Gasteiger partial charge in [-0.3, -0.25) is 4.79 Å². The number of ether oxygens (including phenoxy) is 1. The Kier molecular flexibility index (Phi) is 3.50. The van der Waals surface area contributed by atoms with E-state index in [1.165, 1.54) is 0 Å². The number of hydrogen-bond donors (Lipinski definition) is 1. The molecule has 1 saturated heterocycles. The third-order valence-corrected chi connectivity index (χ3v) is 4.13. The van der Waals surface area contributed by atoms with Crippen molar-refractivity contribution in [3.63, 3.8) is 0 Å². The highest BCUT2D eigenvalue weighted by molar-refractivity contribution is 5.71. The van der Waals surface area contributed by atoms with Gasteiger partial charge in [0.1, 0.15) is 0 Å². The average molecular weight is 266 g/mol. The number of carboxylic acid groups (broad SMARTS) is 1. The summed E-state index contributed by atoms with van der Waals surface area (Å²) < 4.78 is 10.7. The summed E-state index contributed by atoms with van der Waals surface area (Å²) >= 11 is 0. The fraction of sp³-hybridized carbons (Fsp3) is 0.769. The Morgan fingerprint density at radius 1 is 1.26 bits per heavy atom. The quantitative estimate of drug-likeness (QED) is 0.899. The summed E-state index contributed by atoms with van der Waals surface area (Å²) in [7, 11) is 0. The summed E-state index contributed by atoms with van der Waals surface area (Å²) in [5, 5.41) is 13.2. The van der Waals surface area contributed by atoms with Gasteiger partial charge in [0, 0.05) is 12.5 Å². The molecule has 0 aromatic carbocycles. The summed E-state index contributed by atoms with van der Waals surface area (Å²) in [5.74, 6) is 0.0922. The fourth-order valence-corrected chi connectivity index (χ4v) is 3.06. The largest absolute Gasteiger partial charge is 0.481 e. The molecular formula is C13H18N2O4. The van der Waals surface area contributed by atoms with Gasteiger partial charge < -0.3 is 14.4 Å². The zero-order valence-corrected chi connectivity index (χ0v) is 10.7. The Morgan fingerprint density at radius 3 is 2.89 bits per heavy atom. The van der Waals surface area contributed by atoms with E-state index in [0.717, 1.165) is 32.3 Å². The molecule has 6 heteroatoms. The van der Waals surface area contributed by atoms with E-state index in [-0.39, 0.29) is 17.8 Å². The second-order valence-corrected chi connectivity index (χ2v) is 5.39. The van der Waals surface area contributed by atoms with Gasteiger partial charge >= 0.3 is 5.97 Å². The molecule has 19 heavy (non-hydrogen) atoms. The van der Waals surface area contributed by atoms with Gasteiger partial charge in [-0.15, -0.1) is 0 Å². The average Bonchev–Trinajstić information content (AvgIpc) is 3.08. The van der Waals surface area contributed by atoms with Crippen molar-refractivity contribution in [3.05, 3.63) is 11.7 Å². The van der Waals surface area contributed by atoms with E-state index < -0.39 is 5.97 Å². The van der Waals surface area contributed by atoms with Crippen LogP contribution >= 0.6 is 0 Å². The van der Waals surface area contributed by atoms with Crippen LogP contribution in [0.1, 0.15) is 55.7 Å². The number of aliphatic carboxylic acids is 1. The SMILES string of the molecule is O=C(O)C1CCCC1c1nc(C2CCCOC2)no1. The van der Waals surface area contributed by atoms with Crippen LogP contribution in [0.2, 0.25) is 0 Å². The molecule has 1 aliphatic heterocycles. The van der Waals surface area contributed by atoms with Crippen LogP contribution in [0.5, 0.6) is 0 Å². The molecule has 2 heterocycles. The smallest absolute Gasteiger partial charge is 0.307 e. The third kappa shape index (κ3) is 2.49. The van der Waals surface area contributed by atoms with Crippen LogP contribution in [0.3, 0.4) is 0 Å². The first-order valence-corrected chi connectivity index (χ1v) is 6.89. The highest BCUT2D eigenvalue weighted by Gasteiger charge is 2.38. The van der Waals surface area contributed by atoms with Gasteiger partial charge in [0.2, 0.25) is 5.89 Å². The van der Waals surface area contributed by atoms with Crippen molar-refractivity contribution < 1.29 is 19.2 Å². The lowest BCUT2D eigenvalue weighted by Crippen LogP contribution is -2.18. The van der Waals surface area contributed by atoms with Crippen LogP contribution < -0.4 is 0 Å². The van der Waals surface area contributed by atoms with Crippen molar-refractivity contribution in [3.8, 4) is 0 Å². The number of rotatable bonds is 3. The summed E-state index contributed by atoms with van der Waals surface area (Å²) in [4.78, 5) is 15.6. The monoisotopic (exact) mass is 266 g/mol. The van der Waals surface area contributed by atoms with Gasteiger partial charge in [0.25, 0.3) is 0 Å². The maximum Gasteiger partial charge on any atom is 0.307 e. The van der Waals surface area contributed by atoms with Crippen LogP contribution in [0, 0.1) is 5.92 Å². The summed E-state index contributed by atoms with van der Waals surface area (Å²) in [6.45, 7) is 1.43. The normalized spacial score (nSPS) is 31.5. The van der Waals surface area contributed by atoms with Gasteiger partial charge in [0.05, 0.1) is 18.4 Å². The molecule has 6 nitrogen and oxygen atoms in total. The molecule has 0 radical (unpaired) electrons. The maximum atomic E-state index is 11.2. The Labute approximate surface area is 111 Å². The predicted octanol–water partition coefficient (Wildman–Crippen LogP) is 1.93. The van der Waals surface area contributed by atoms with Crippen molar-refractivity contribution in [1.82, 2.24) is 10.1 Å². The van der Waals surface area contributed by atoms with Crippen molar-refractivity contribution in [1.29, 1.82) is 0 Å². The lowest BCUT2D eigenvalue weighted by Gasteiger charge is -2.18. The second-order valence-electron chi connectivity index (χ2n) is 5.39. The maximum absolute atomic E-state index is 11.2.